The molecule has 370 valence electrons. The van der Waals surface area contributed by atoms with Gasteiger partial charge in [0.2, 0.25) is 5.91 Å². The zero-order valence-corrected chi connectivity index (χ0v) is 42.1. The topological polar surface area (TPSA) is 95.9 Å². The van der Waals surface area contributed by atoms with Gasteiger partial charge in [-0.05, 0) is 64.2 Å². The van der Waals surface area contributed by atoms with Crippen LogP contribution in [0.4, 0.5) is 0 Å². The molecule has 3 N–H and O–H groups in total. The quantitative estimate of drug-likeness (QED) is 0.0321. The number of nitrogens with one attached hydrogen (secondary N) is 1. The Morgan fingerprint density at radius 3 is 1.22 bits per heavy atom. The number of aliphatic hydroxyl groups excluding tert-OH is 2. The average molecular weight is 886 g/mol. The first-order valence-corrected chi connectivity index (χ1v) is 27.8. The van der Waals surface area contributed by atoms with Gasteiger partial charge in [-0.15, -0.1) is 0 Å². The van der Waals surface area contributed by atoms with Crippen LogP contribution in [0.25, 0.3) is 0 Å². The molecule has 63 heavy (non-hydrogen) atoms. The van der Waals surface area contributed by atoms with Crippen molar-refractivity contribution in [3.63, 3.8) is 0 Å². The van der Waals surface area contributed by atoms with Gasteiger partial charge in [0, 0.05) is 12.8 Å². The number of carbonyl (C=O) groups is 2. The maximum atomic E-state index is 12.4. The van der Waals surface area contributed by atoms with Gasteiger partial charge in [-0.1, -0.05) is 249 Å². The lowest BCUT2D eigenvalue weighted by Crippen LogP contribution is -2.45. The van der Waals surface area contributed by atoms with E-state index in [1.807, 2.05) is 6.08 Å². The standard InChI is InChI=1S/C57H107NO5/c1-3-5-7-9-11-13-15-17-18-23-27-31-35-39-43-47-51-57(62)63-52-48-44-40-36-32-28-24-21-19-20-22-26-30-34-38-42-46-50-56(61)58-54(53-59)55(60)49-45-41-37-33-29-25-16-14-12-10-8-6-4-2/h13,15,18,23,45,49,54-55,59-60H,3-12,14,16-17,19-22,24-44,46-48,50-53H2,1-2H3,(H,58,61)/b15-13-,23-18-,49-45+. The molecule has 6 nitrogen and oxygen atoms in total. The van der Waals surface area contributed by atoms with E-state index in [1.54, 1.807) is 6.08 Å². The van der Waals surface area contributed by atoms with Crippen LogP contribution in [0.1, 0.15) is 290 Å². The largest absolute Gasteiger partial charge is 0.466 e. The van der Waals surface area contributed by atoms with Gasteiger partial charge >= 0.3 is 5.97 Å². The van der Waals surface area contributed by atoms with E-state index in [9.17, 15) is 19.8 Å². The van der Waals surface area contributed by atoms with E-state index >= 15 is 0 Å². The van der Waals surface area contributed by atoms with Crippen molar-refractivity contribution in [2.75, 3.05) is 13.2 Å². The summed E-state index contributed by atoms with van der Waals surface area (Å²) >= 11 is 0. The van der Waals surface area contributed by atoms with Gasteiger partial charge in [-0.2, -0.15) is 0 Å². The Balaban J connectivity index is 3.44. The molecule has 0 aliphatic heterocycles. The third-order valence-electron chi connectivity index (χ3n) is 12.7. The van der Waals surface area contributed by atoms with Crippen LogP contribution in [0.5, 0.6) is 0 Å². The molecule has 2 atom stereocenters. The Labute approximate surface area is 392 Å². The first-order valence-electron chi connectivity index (χ1n) is 27.8. The van der Waals surface area contributed by atoms with E-state index < -0.39 is 12.1 Å². The van der Waals surface area contributed by atoms with E-state index in [2.05, 4.69) is 43.5 Å². The lowest BCUT2D eigenvalue weighted by atomic mass is 10.0. The fourth-order valence-corrected chi connectivity index (χ4v) is 8.37. The third-order valence-corrected chi connectivity index (χ3v) is 12.7. The number of unbranched alkanes of at least 4 members (excludes halogenated alkanes) is 36. The SMILES string of the molecule is CCCCCC/C=C\C/C=C\CCCCCCCC(=O)OCCCCCCCCCCCCCCCCCCCC(=O)NC(CO)C(O)/C=C/CCCCCCCCCCCCC. The first kappa shape index (κ1) is 61.1. The van der Waals surface area contributed by atoms with Gasteiger partial charge in [0.05, 0.1) is 25.4 Å². The van der Waals surface area contributed by atoms with Gasteiger partial charge in [0.15, 0.2) is 0 Å². The number of amides is 1. The number of allylic oxidation sites excluding steroid dienone is 5. The molecule has 0 aromatic carbocycles. The number of rotatable bonds is 51. The summed E-state index contributed by atoms with van der Waals surface area (Å²) < 4.78 is 5.47. The molecule has 0 bridgehead atoms. The second-order valence-electron chi connectivity index (χ2n) is 18.9. The molecule has 0 aliphatic rings. The van der Waals surface area contributed by atoms with Crippen LogP contribution in [-0.4, -0.2) is 47.4 Å². The van der Waals surface area contributed by atoms with E-state index in [-0.39, 0.29) is 18.5 Å². The normalized spacial score (nSPS) is 12.9. The maximum absolute atomic E-state index is 12.4. The minimum atomic E-state index is -0.848. The predicted octanol–water partition coefficient (Wildman–Crippen LogP) is 16.9. The molecule has 0 fully saturated rings. The summed E-state index contributed by atoms with van der Waals surface area (Å²) in [5.74, 6) is -0.0836. The number of aliphatic hydroxyl groups is 2. The average Bonchev–Trinajstić information content (AvgIpc) is 3.28. The van der Waals surface area contributed by atoms with Crippen LogP contribution in [-0.2, 0) is 14.3 Å². The summed E-state index contributed by atoms with van der Waals surface area (Å²) in [4.78, 5) is 24.5. The molecule has 0 aromatic rings. The summed E-state index contributed by atoms with van der Waals surface area (Å²) in [6, 6.07) is -0.632. The van der Waals surface area contributed by atoms with Crippen molar-refractivity contribution in [1.82, 2.24) is 5.32 Å². The summed E-state index contributed by atoms with van der Waals surface area (Å²) in [6.07, 6.45) is 64.4. The number of hydrogen-bond donors (Lipinski definition) is 3. The molecule has 0 radical (unpaired) electrons. The molecule has 0 saturated heterocycles. The second-order valence-corrected chi connectivity index (χ2v) is 18.9. The Morgan fingerprint density at radius 2 is 0.794 bits per heavy atom. The zero-order valence-electron chi connectivity index (χ0n) is 42.1. The summed E-state index contributed by atoms with van der Waals surface area (Å²) in [7, 11) is 0. The molecular weight excluding hydrogens is 779 g/mol. The molecule has 1 amide bonds. The second kappa shape index (κ2) is 52.7. The van der Waals surface area contributed by atoms with Crippen molar-refractivity contribution < 1.29 is 24.5 Å². The highest BCUT2D eigenvalue weighted by molar-refractivity contribution is 5.76. The van der Waals surface area contributed by atoms with Gasteiger partial charge < -0.3 is 20.3 Å². The Morgan fingerprint density at radius 1 is 0.444 bits per heavy atom. The smallest absolute Gasteiger partial charge is 0.305 e. The Kier molecular flexibility index (Phi) is 51.1. The van der Waals surface area contributed by atoms with E-state index in [1.165, 1.54) is 212 Å². The van der Waals surface area contributed by atoms with Crippen LogP contribution < -0.4 is 5.32 Å². The lowest BCUT2D eigenvalue weighted by Gasteiger charge is -2.20. The van der Waals surface area contributed by atoms with Crippen molar-refractivity contribution >= 4 is 11.9 Å². The van der Waals surface area contributed by atoms with Crippen LogP contribution in [0.15, 0.2) is 36.5 Å². The summed E-state index contributed by atoms with van der Waals surface area (Å²) in [5, 5.41) is 23.0. The minimum absolute atomic E-state index is 0.00939. The maximum Gasteiger partial charge on any atom is 0.305 e. The summed E-state index contributed by atoms with van der Waals surface area (Å²) in [5.41, 5.74) is 0. The molecule has 0 aromatic heterocycles. The number of ether oxygens (including phenoxy) is 1. The highest BCUT2D eigenvalue weighted by Gasteiger charge is 2.18. The fourth-order valence-electron chi connectivity index (χ4n) is 8.37. The molecule has 0 saturated carbocycles. The molecule has 0 spiro atoms. The first-order chi connectivity index (χ1) is 31.0. The monoisotopic (exact) mass is 886 g/mol. The van der Waals surface area contributed by atoms with Crippen molar-refractivity contribution in [3.8, 4) is 0 Å². The van der Waals surface area contributed by atoms with Crippen molar-refractivity contribution in [3.05, 3.63) is 36.5 Å². The van der Waals surface area contributed by atoms with E-state index in [0.717, 1.165) is 51.4 Å². The fraction of sp³-hybridized carbons (Fsp3) is 0.860. The van der Waals surface area contributed by atoms with Gasteiger partial charge in [-0.25, -0.2) is 0 Å². The third kappa shape index (κ3) is 49.4. The van der Waals surface area contributed by atoms with Crippen molar-refractivity contribution in [1.29, 1.82) is 0 Å². The number of hydrogen-bond acceptors (Lipinski definition) is 5. The van der Waals surface area contributed by atoms with Crippen LogP contribution >= 0.6 is 0 Å². The van der Waals surface area contributed by atoms with Gasteiger partial charge in [-0.3, -0.25) is 9.59 Å². The molecular formula is C57H107NO5. The van der Waals surface area contributed by atoms with Crippen molar-refractivity contribution in [2.45, 2.75) is 302 Å². The van der Waals surface area contributed by atoms with Crippen molar-refractivity contribution in [2.24, 2.45) is 0 Å². The summed E-state index contributed by atoms with van der Waals surface area (Å²) in [6.45, 7) is 4.86. The predicted molar refractivity (Wildman–Crippen MR) is 273 cm³/mol. The van der Waals surface area contributed by atoms with Crippen LogP contribution in [0.3, 0.4) is 0 Å². The van der Waals surface area contributed by atoms with E-state index in [0.29, 0.717) is 19.4 Å². The highest BCUT2D eigenvalue weighted by Crippen LogP contribution is 2.16. The van der Waals surface area contributed by atoms with Gasteiger partial charge in [0.25, 0.3) is 0 Å². The molecule has 0 rings (SSSR count). The van der Waals surface area contributed by atoms with E-state index in [4.69, 9.17) is 4.74 Å². The minimum Gasteiger partial charge on any atom is -0.466 e. The number of esters is 1. The molecule has 6 heteroatoms. The lowest BCUT2D eigenvalue weighted by molar-refractivity contribution is -0.143. The van der Waals surface area contributed by atoms with Gasteiger partial charge in [0.1, 0.15) is 0 Å². The highest BCUT2D eigenvalue weighted by atomic mass is 16.5. The Bertz CT molecular complexity index is 1020. The molecule has 0 heterocycles. The molecule has 0 aliphatic carbocycles. The zero-order chi connectivity index (χ0) is 45.8. The van der Waals surface area contributed by atoms with Crippen LogP contribution in [0, 0.1) is 0 Å². The number of carbonyl (C=O) groups excluding carboxylic acids is 2. The molecule has 2 unspecified atom stereocenters. The van der Waals surface area contributed by atoms with Crippen LogP contribution in [0.2, 0.25) is 0 Å². The Hall–Kier alpha value is -1.92.